The molecular formula is C13H19NO. The summed E-state index contributed by atoms with van der Waals surface area (Å²) in [5, 5.41) is 9.02. The van der Waals surface area contributed by atoms with Gasteiger partial charge in [-0.15, -0.1) is 0 Å². The van der Waals surface area contributed by atoms with Crippen LogP contribution in [0, 0.1) is 23.2 Å². The second-order valence-corrected chi connectivity index (χ2v) is 4.72. The molecular weight excluding hydrogens is 186 g/mol. The van der Waals surface area contributed by atoms with Gasteiger partial charge >= 0.3 is 0 Å². The van der Waals surface area contributed by atoms with Gasteiger partial charge in [0.25, 0.3) is 0 Å². The lowest BCUT2D eigenvalue weighted by Gasteiger charge is -2.20. The van der Waals surface area contributed by atoms with Crippen LogP contribution in [0.5, 0.6) is 0 Å². The molecule has 0 heterocycles. The van der Waals surface area contributed by atoms with Crippen molar-refractivity contribution in [2.45, 2.75) is 46.5 Å². The second kappa shape index (κ2) is 5.11. The third-order valence-corrected chi connectivity index (χ3v) is 3.20. The summed E-state index contributed by atoms with van der Waals surface area (Å²) < 4.78 is 0. The molecule has 0 aromatic carbocycles. The number of carbonyl (C=O) groups is 1. The van der Waals surface area contributed by atoms with Gasteiger partial charge in [0.1, 0.15) is 0 Å². The van der Waals surface area contributed by atoms with Crippen molar-refractivity contribution in [3.05, 3.63) is 11.1 Å². The minimum absolute atomic E-state index is 0.0167. The van der Waals surface area contributed by atoms with Gasteiger partial charge in [-0.05, 0) is 37.7 Å². The number of Topliss-reactive ketones (excluding diaryl/α,β-unsaturated/α-hetero) is 1. The maximum atomic E-state index is 11.7. The maximum absolute atomic E-state index is 11.7. The largest absolute Gasteiger partial charge is 0.295 e. The molecule has 15 heavy (non-hydrogen) atoms. The average molecular weight is 205 g/mol. The summed E-state index contributed by atoms with van der Waals surface area (Å²) in [6.45, 7) is 6.11. The Bertz CT molecular complexity index is 320. The molecule has 0 fully saturated rings. The molecule has 0 spiro atoms. The Hall–Kier alpha value is -1.10. The normalized spacial score (nSPS) is 19.3. The van der Waals surface area contributed by atoms with Crippen molar-refractivity contribution in [1.29, 1.82) is 5.26 Å². The van der Waals surface area contributed by atoms with Crippen LogP contribution in [0.25, 0.3) is 0 Å². The fourth-order valence-electron chi connectivity index (χ4n) is 1.99. The van der Waals surface area contributed by atoms with Crippen LogP contribution in [0.4, 0.5) is 0 Å². The molecule has 0 saturated carbocycles. The van der Waals surface area contributed by atoms with Crippen molar-refractivity contribution in [2.24, 2.45) is 11.8 Å². The van der Waals surface area contributed by atoms with Crippen LogP contribution < -0.4 is 0 Å². The summed E-state index contributed by atoms with van der Waals surface area (Å²) in [5.41, 5.74) is 2.13. The van der Waals surface area contributed by atoms with E-state index in [9.17, 15) is 4.79 Å². The Balaban J connectivity index is 2.79. The predicted molar refractivity (Wildman–Crippen MR) is 60.1 cm³/mol. The first-order chi connectivity index (χ1) is 7.06. The molecule has 0 N–H and O–H groups in total. The van der Waals surface area contributed by atoms with E-state index in [1.54, 1.807) is 0 Å². The number of nitrogens with zero attached hydrogens (tertiary/aromatic N) is 1. The van der Waals surface area contributed by atoms with Crippen molar-refractivity contribution in [3.8, 4) is 6.07 Å². The molecule has 1 unspecified atom stereocenters. The van der Waals surface area contributed by atoms with Crippen molar-refractivity contribution < 1.29 is 4.79 Å². The number of allylic oxidation sites excluding steroid dienone is 2. The van der Waals surface area contributed by atoms with E-state index in [4.69, 9.17) is 5.26 Å². The van der Waals surface area contributed by atoms with Crippen molar-refractivity contribution in [1.82, 2.24) is 0 Å². The highest BCUT2D eigenvalue weighted by atomic mass is 16.1. The van der Waals surface area contributed by atoms with Crippen LogP contribution in [-0.2, 0) is 4.79 Å². The highest BCUT2D eigenvalue weighted by Crippen LogP contribution is 2.28. The molecule has 82 valence electrons. The topological polar surface area (TPSA) is 40.9 Å². The smallest absolute Gasteiger partial charge is 0.158 e. The van der Waals surface area contributed by atoms with Gasteiger partial charge in [-0.1, -0.05) is 19.4 Å². The van der Waals surface area contributed by atoms with E-state index in [-0.39, 0.29) is 11.7 Å². The van der Waals surface area contributed by atoms with E-state index in [0.717, 1.165) is 18.4 Å². The van der Waals surface area contributed by atoms with Gasteiger partial charge < -0.3 is 0 Å². The molecule has 2 heteroatoms. The molecule has 0 radical (unpaired) electrons. The average Bonchev–Trinajstić information content (AvgIpc) is 2.17. The Labute approximate surface area is 92.0 Å². The first-order valence-electron chi connectivity index (χ1n) is 5.67. The fourth-order valence-corrected chi connectivity index (χ4v) is 1.99. The minimum atomic E-state index is -0.0167. The summed E-state index contributed by atoms with van der Waals surface area (Å²) in [4.78, 5) is 11.7. The fraction of sp³-hybridized carbons (Fsp3) is 0.692. The van der Waals surface area contributed by atoms with E-state index in [2.05, 4.69) is 6.07 Å². The summed E-state index contributed by atoms with van der Waals surface area (Å²) in [7, 11) is 0. The molecule has 0 saturated heterocycles. The van der Waals surface area contributed by atoms with Crippen LogP contribution in [0.1, 0.15) is 46.5 Å². The monoisotopic (exact) mass is 205 g/mol. The Morgan fingerprint density at radius 3 is 2.53 bits per heavy atom. The zero-order valence-corrected chi connectivity index (χ0v) is 9.84. The van der Waals surface area contributed by atoms with Crippen LogP contribution in [-0.4, -0.2) is 5.78 Å². The van der Waals surface area contributed by atoms with Gasteiger partial charge in [0.15, 0.2) is 5.78 Å². The van der Waals surface area contributed by atoms with Crippen molar-refractivity contribution in [2.75, 3.05) is 0 Å². The molecule has 1 rings (SSSR count). The van der Waals surface area contributed by atoms with Crippen LogP contribution in [0.2, 0.25) is 0 Å². The maximum Gasteiger partial charge on any atom is 0.158 e. The summed E-state index contributed by atoms with van der Waals surface area (Å²) in [6, 6.07) is 2.30. The number of rotatable bonds is 3. The molecule has 2 nitrogen and oxygen atoms in total. The zero-order valence-electron chi connectivity index (χ0n) is 9.84. The molecule has 1 aliphatic carbocycles. The Morgan fingerprint density at radius 2 is 2.07 bits per heavy atom. The van der Waals surface area contributed by atoms with Gasteiger partial charge in [-0.3, -0.25) is 4.79 Å². The van der Waals surface area contributed by atoms with Gasteiger partial charge in [-0.2, -0.15) is 5.26 Å². The molecule has 0 amide bonds. The molecule has 0 bridgehead atoms. The number of nitriles is 1. The lowest BCUT2D eigenvalue weighted by Crippen LogP contribution is -2.16. The SMILES string of the molecule is CC1=C(CC(C#N)C(C)C)C(=O)CCC1. The van der Waals surface area contributed by atoms with E-state index >= 15 is 0 Å². The third kappa shape index (κ3) is 2.92. The van der Waals surface area contributed by atoms with Gasteiger partial charge in [-0.25, -0.2) is 0 Å². The predicted octanol–water partition coefficient (Wildman–Crippen LogP) is 3.24. The lowest BCUT2D eigenvalue weighted by atomic mass is 9.82. The van der Waals surface area contributed by atoms with Crippen LogP contribution in [0.3, 0.4) is 0 Å². The first kappa shape index (κ1) is 12.0. The van der Waals surface area contributed by atoms with Crippen molar-refractivity contribution in [3.63, 3.8) is 0 Å². The summed E-state index contributed by atoms with van der Waals surface area (Å²) in [5.74, 6) is 0.571. The molecule has 1 aliphatic rings. The lowest BCUT2D eigenvalue weighted by molar-refractivity contribution is -0.116. The first-order valence-corrected chi connectivity index (χ1v) is 5.67. The number of ketones is 1. The van der Waals surface area contributed by atoms with Gasteiger partial charge in [0.2, 0.25) is 0 Å². The standard InChI is InChI=1S/C13H19NO/c1-9(2)11(8-14)7-12-10(3)5-4-6-13(12)15/h9,11H,4-7H2,1-3H3. The highest BCUT2D eigenvalue weighted by Gasteiger charge is 2.22. The quantitative estimate of drug-likeness (QED) is 0.709. The summed E-state index contributed by atoms with van der Waals surface area (Å²) in [6.07, 6.45) is 3.33. The van der Waals surface area contributed by atoms with Gasteiger partial charge in [0, 0.05) is 6.42 Å². The molecule has 0 aliphatic heterocycles. The highest BCUT2D eigenvalue weighted by molar-refractivity contribution is 5.96. The molecule has 1 atom stereocenters. The molecule has 0 aromatic heterocycles. The van der Waals surface area contributed by atoms with E-state index in [1.807, 2.05) is 20.8 Å². The van der Waals surface area contributed by atoms with Crippen LogP contribution >= 0.6 is 0 Å². The zero-order chi connectivity index (χ0) is 11.4. The Kier molecular flexibility index (Phi) is 4.08. The van der Waals surface area contributed by atoms with Gasteiger partial charge in [0.05, 0.1) is 12.0 Å². The minimum Gasteiger partial charge on any atom is -0.295 e. The second-order valence-electron chi connectivity index (χ2n) is 4.72. The van der Waals surface area contributed by atoms with Crippen molar-refractivity contribution >= 4 is 5.78 Å². The number of hydrogen-bond acceptors (Lipinski definition) is 2. The summed E-state index contributed by atoms with van der Waals surface area (Å²) >= 11 is 0. The van der Waals surface area contributed by atoms with E-state index < -0.39 is 0 Å². The van der Waals surface area contributed by atoms with E-state index in [0.29, 0.717) is 18.8 Å². The number of carbonyl (C=O) groups excluding carboxylic acids is 1. The number of hydrogen-bond donors (Lipinski definition) is 0. The molecule has 0 aromatic rings. The third-order valence-electron chi connectivity index (χ3n) is 3.20. The van der Waals surface area contributed by atoms with Crippen LogP contribution in [0.15, 0.2) is 11.1 Å². The Morgan fingerprint density at radius 1 is 1.40 bits per heavy atom. The van der Waals surface area contributed by atoms with E-state index in [1.165, 1.54) is 5.57 Å².